The fourth-order valence-electron chi connectivity index (χ4n) is 8.00. The zero-order valence-corrected chi connectivity index (χ0v) is 26.3. The van der Waals surface area contributed by atoms with E-state index in [0.29, 0.717) is 0 Å². The fourth-order valence-corrected chi connectivity index (χ4v) is 9.00. The third kappa shape index (κ3) is 3.69. The topological polar surface area (TPSA) is 17.8 Å². The van der Waals surface area contributed by atoms with Crippen LogP contribution in [-0.4, -0.2) is 9.55 Å². The van der Waals surface area contributed by atoms with Crippen LogP contribution in [0.15, 0.2) is 170 Å². The van der Waals surface area contributed by atoms with E-state index in [-0.39, 0.29) is 0 Å². The van der Waals surface area contributed by atoms with Crippen LogP contribution in [0.3, 0.4) is 0 Å². The van der Waals surface area contributed by atoms with E-state index in [0.717, 1.165) is 21.8 Å². The normalized spacial score (nSPS) is 13.3. The lowest BCUT2D eigenvalue weighted by molar-refractivity contribution is 0.769. The number of rotatable bonds is 4. The Labute approximate surface area is 276 Å². The Balaban J connectivity index is 1.33. The number of nitrogens with zero attached hydrogens (tertiary/aromatic N) is 2. The molecule has 220 valence electrons. The average Bonchev–Trinajstić information content (AvgIpc) is 3.80. The van der Waals surface area contributed by atoms with Crippen LogP contribution in [-0.2, 0) is 5.41 Å². The first-order chi connectivity index (χ1) is 23.3. The van der Waals surface area contributed by atoms with Gasteiger partial charge in [0.2, 0.25) is 0 Å². The number of benzene rings is 7. The molecule has 0 amide bonds. The molecule has 0 spiro atoms. The number of para-hydroxylation sites is 3. The number of hydrogen-bond acceptors (Lipinski definition) is 2. The molecule has 0 radical (unpaired) electrons. The van der Waals surface area contributed by atoms with Crippen molar-refractivity contribution in [2.24, 2.45) is 0 Å². The molecule has 47 heavy (non-hydrogen) atoms. The third-order valence-electron chi connectivity index (χ3n) is 9.92. The summed E-state index contributed by atoms with van der Waals surface area (Å²) in [5.74, 6) is 0. The van der Waals surface area contributed by atoms with Gasteiger partial charge in [-0.25, -0.2) is 4.98 Å². The highest BCUT2D eigenvalue weighted by molar-refractivity contribution is 7.21. The molecule has 2 heterocycles. The summed E-state index contributed by atoms with van der Waals surface area (Å²) in [7, 11) is 0. The van der Waals surface area contributed by atoms with Gasteiger partial charge in [-0.05, 0) is 75.8 Å². The van der Waals surface area contributed by atoms with Gasteiger partial charge in [0, 0.05) is 16.3 Å². The van der Waals surface area contributed by atoms with E-state index in [2.05, 4.69) is 174 Å². The zero-order valence-electron chi connectivity index (χ0n) is 25.5. The van der Waals surface area contributed by atoms with Crippen molar-refractivity contribution < 1.29 is 0 Å². The van der Waals surface area contributed by atoms with E-state index in [1.54, 1.807) is 11.3 Å². The summed E-state index contributed by atoms with van der Waals surface area (Å²) in [6.45, 7) is 0. The van der Waals surface area contributed by atoms with Crippen molar-refractivity contribution >= 4 is 43.4 Å². The Morgan fingerprint density at radius 1 is 0.468 bits per heavy atom. The molecule has 10 rings (SSSR count). The number of thiazole rings is 1. The minimum Gasteiger partial charge on any atom is -0.309 e. The van der Waals surface area contributed by atoms with Crippen molar-refractivity contribution in [2.75, 3.05) is 0 Å². The summed E-state index contributed by atoms with van der Waals surface area (Å²) in [5, 5.41) is 3.53. The van der Waals surface area contributed by atoms with Gasteiger partial charge in [-0.2, -0.15) is 0 Å². The van der Waals surface area contributed by atoms with Crippen LogP contribution in [0.1, 0.15) is 22.3 Å². The minimum atomic E-state index is -0.440. The van der Waals surface area contributed by atoms with Crippen LogP contribution < -0.4 is 0 Å². The highest BCUT2D eigenvalue weighted by Crippen LogP contribution is 2.57. The van der Waals surface area contributed by atoms with Gasteiger partial charge in [0.05, 0.1) is 32.4 Å². The predicted octanol–water partition coefficient (Wildman–Crippen LogP) is 11.4. The average molecular weight is 617 g/mol. The molecule has 1 aliphatic rings. The summed E-state index contributed by atoms with van der Waals surface area (Å²) in [4.78, 5) is 5.09. The first-order valence-electron chi connectivity index (χ1n) is 16.1. The van der Waals surface area contributed by atoms with Gasteiger partial charge < -0.3 is 4.57 Å². The van der Waals surface area contributed by atoms with Crippen LogP contribution in [0.25, 0.3) is 59.4 Å². The number of aromatic nitrogens is 2. The Morgan fingerprint density at radius 3 is 1.89 bits per heavy atom. The van der Waals surface area contributed by atoms with Crippen LogP contribution in [0.5, 0.6) is 0 Å². The molecule has 0 aliphatic heterocycles. The monoisotopic (exact) mass is 616 g/mol. The second-order valence-corrected chi connectivity index (χ2v) is 13.3. The summed E-state index contributed by atoms with van der Waals surface area (Å²) >= 11 is 1.75. The van der Waals surface area contributed by atoms with E-state index >= 15 is 0 Å². The molecule has 2 aromatic heterocycles. The van der Waals surface area contributed by atoms with Crippen molar-refractivity contribution in [3.05, 3.63) is 192 Å². The van der Waals surface area contributed by atoms with E-state index in [9.17, 15) is 0 Å². The summed E-state index contributed by atoms with van der Waals surface area (Å²) in [6, 6.07) is 62.0. The number of fused-ring (bicyclic) bond motifs is 7. The maximum absolute atomic E-state index is 5.09. The van der Waals surface area contributed by atoms with Crippen molar-refractivity contribution in [3.8, 4) is 27.4 Å². The number of hydrogen-bond donors (Lipinski definition) is 0. The van der Waals surface area contributed by atoms with Gasteiger partial charge >= 0.3 is 0 Å². The third-order valence-corrected chi connectivity index (χ3v) is 11.0. The van der Waals surface area contributed by atoms with E-state index in [1.165, 1.54) is 59.9 Å². The van der Waals surface area contributed by atoms with Crippen molar-refractivity contribution in [1.82, 2.24) is 9.55 Å². The second-order valence-electron chi connectivity index (χ2n) is 12.3. The molecule has 3 heteroatoms. The molecule has 0 N–H and O–H groups in total. The molecule has 0 bridgehead atoms. The molecule has 9 aromatic rings. The predicted molar refractivity (Wildman–Crippen MR) is 197 cm³/mol. The largest absolute Gasteiger partial charge is 0.309 e. The molecule has 0 unspecified atom stereocenters. The molecule has 0 saturated heterocycles. The molecule has 1 aliphatic carbocycles. The first-order valence-corrected chi connectivity index (χ1v) is 16.9. The maximum atomic E-state index is 5.09. The van der Waals surface area contributed by atoms with Gasteiger partial charge in [-0.1, -0.05) is 127 Å². The van der Waals surface area contributed by atoms with Crippen LogP contribution >= 0.6 is 11.3 Å². The van der Waals surface area contributed by atoms with Crippen molar-refractivity contribution in [3.63, 3.8) is 0 Å². The molecule has 2 nitrogen and oxygen atoms in total. The van der Waals surface area contributed by atoms with Gasteiger partial charge in [0.25, 0.3) is 0 Å². The standard InChI is InChI=1S/C44H28N2S/c1-3-15-29(16-4-1)44(30-17-5-2-6-18-30)36-22-10-7-19-31(36)34-28-41-35(27-37(34)44)32-20-8-12-24-39(32)46(41)40-25-13-9-21-33(40)43-45-38-23-11-14-26-42(38)47-43/h1-28H. The molecule has 0 atom stereocenters. The van der Waals surface area contributed by atoms with E-state index < -0.39 is 5.41 Å². The van der Waals surface area contributed by atoms with Gasteiger partial charge in [0.1, 0.15) is 5.01 Å². The van der Waals surface area contributed by atoms with Crippen molar-refractivity contribution in [2.45, 2.75) is 5.41 Å². The Bertz CT molecular complexity index is 2560. The molecule has 0 fully saturated rings. The van der Waals surface area contributed by atoms with E-state index in [1.807, 2.05) is 0 Å². The smallest absolute Gasteiger partial charge is 0.126 e. The van der Waals surface area contributed by atoms with E-state index in [4.69, 9.17) is 4.98 Å². The van der Waals surface area contributed by atoms with Crippen LogP contribution in [0.2, 0.25) is 0 Å². The Kier molecular flexibility index (Phi) is 5.69. The quantitative estimate of drug-likeness (QED) is 0.192. The highest BCUT2D eigenvalue weighted by atomic mass is 32.1. The van der Waals surface area contributed by atoms with Gasteiger partial charge in [-0.3, -0.25) is 0 Å². The minimum absolute atomic E-state index is 0.440. The Hall–Kier alpha value is -5.77. The first kappa shape index (κ1) is 26.4. The SMILES string of the molecule is c1ccc(C2(c3ccccc3)c3ccccc3-c3cc4c(cc32)c2ccccc2n4-c2ccccc2-c2nc3ccccc3s2)cc1. The second kappa shape index (κ2) is 10.1. The lowest BCUT2D eigenvalue weighted by atomic mass is 9.67. The molecule has 7 aromatic carbocycles. The molecular weight excluding hydrogens is 589 g/mol. The summed E-state index contributed by atoms with van der Waals surface area (Å²) in [5.41, 5.74) is 13.0. The van der Waals surface area contributed by atoms with Gasteiger partial charge in [-0.15, -0.1) is 11.3 Å². The summed E-state index contributed by atoms with van der Waals surface area (Å²) in [6.07, 6.45) is 0. The summed E-state index contributed by atoms with van der Waals surface area (Å²) < 4.78 is 3.66. The lowest BCUT2D eigenvalue weighted by Gasteiger charge is -2.34. The van der Waals surface area contributed by atoms with Crippen molar-refractivity contribution in [1.29, 1.82) is 0 Å². The van der Waals surface area contributed by atoms with Crippen LogP contribution in [0.4, 0.5) is 0 Å². The van der Waals surface area contributed by atoms with Gasteiger partial charge in [0.15, 0.2) is 0 Å². The Morgan fingerprint density at radius 2 is 1.11 bits per heavy atom. The fraction of sp³-hybridized carbons (Fsp3) is 0.0227. The maximum Gasteiger partial charge on any atom is 0.126 e. The highest BCUT2D eigenvalue weighted by Gasteiger charge is 2.46. The van der Waals surface area contributed by atoms with Crippen LogP contribution in [0, 0.1) is 0 Å². The zero-order chi connectivity index (χ0) is 31.0. The molecular formula is C44H28N2S. The lowest BCUT2D eigenvalue weighted by Crippen LogP contribution is -2.28. The molecule has 0 saturated carbocycles.